The topological polar surface area (TPSA) is 61.2 Å². The van der Waals surface area contributed by atoms with E-state index in [4.69, 9.17) is 5.26 Å². The molecule has 2 aliphatic carbocycles. The zero-order chi connectivity index (χ0) is 13.9. The number of nitriles is 1. The summed E-state index contributed by atoms with van der Waals surface area (Å²) in [5.41, 5.74) is 0.799. The molecule has 20 heavy (non-hydrogen) atoms. The first kappa shape index (κ1) is 11.4. The first-order valence-corrected chi connectivity index (χ1v) is 6.77. The molecule has 0 N–H and O–H groups in total. The average Bonchev–Trinajstić information content (AvgIpc) is 3.13. The van der Waals surface area contributed by atoms with Gasteiger partial charge in [-0.2, -0.15) is 5.26 Å². The summed E-state index contributed by atoms with van der Waals surface area (Å²) in [5, 5.41) is 9.16. The molecule has 1 saturated carbocycles. The van der Waals surface area contributed by atoms with Crippen molar-refractivity contribution in [1.82, 2.24) is 0 Å². The summed E-state index contributed by atoms with van der Waals surface area (Å²) in [6.07, 6.45) is 5.05. The molecule has 2 bridgehead atoms. The molecule has 2 amide bonds. The van der Waals surface area contributed by atoms with Crippen LogP contribution in [0.1, 0.15) is 12.0 Å². The van der Waals surface area contributed by atoms with Crippen LogP contribution in [0.4, 0.5) is 5.69 Å². The van der Waals surface area contributed by atoms with Crippen LogP contribution >= 0.6 is 0 Å². The molecule has 2 fully saturated rings. The fraction of sp³-hybridized carbons (Fsp3) is 0.312. The molecule has 4 heteroatoms. The summed E-state index contributed by atoms with van der Waals surface area (Å²) in [5.74, 6) is -0.325. The van der Waals surface area contributed by atoms with E-state index in [1.165, 1.54) is 4.90 Å². The zero-order valence-electron chi connectivity index (χ0n) is 10.7. The molecule has 98 valence electrons. The fourth-order valence-corrected chi connectivity index (χ4v) is 3.90. The second kappa shape index (κ2) is 3.80. The number of nitrogens with zero attached hydrogens (tertiary/aromatic N) is 2. The number of allylic oxidation sites excluding steroid dienone is 2. The molecule has 4 rings (SSSR count). The third kappa shape index (κ3) is 1.25. The number of amides is 2. The molecule has 0 spiro atoms. The van der Waals surface area contributed by atoms with Gasteiger partial charge in [0.15, 0.2) is 0 Å². The van der Waals surface area contributed by atoms with Crippen molar-refractivity contribution in [3.05, 3.63) is 42.0 Å². The Morgan fingerprint density at radius 2 is 1.65 bits per heavy atom. The molecule has 1 heterocycles. The van der Waals surface area contributed by atoms with Crippen molar-refractivity contribution in [2.24, 2.45) is 23.7 Å². The van der Waals surface area contributed by atoms with Gasteiger partial charge in [-0.05, 0) is 30.4 Å². The number of carbonyl (C=O) groups is 2. The van der Waals surface area contributed by atoms with Crippen molar-refractivity contribution < 1.29 is 9.59 Å². The predicted octanol–water partition coefficient (Wildman–Crippen LogP) is 1.87. The minimum absolute atomic E-state index is 0.139. The van der Waals surface area contributed by atoms with Crippen molar-refractivity contribution in [2.75, 3.05) is 4.90 Å². The normalized spacial score (nSPS) is 33.6. The van der Waals surface area contributed by atoms with E-state index in [1.54, 1.807) is 24.3 Å². The lowest BCUT2D eigenvalue weighted by atomic mass is 9.85. The highest BCUT2D eigenvalue weighted by Gasteiger charge is 2.59. The number of anilines is 1. The van der Waals surface area contributed by atoms with Crippen molar-refractivity contribution in [3.63, 3.8) is 0 Å². The minimum Gasteiger partial charge on any atom is -0.274 e. The molecule has 0 aromatic heterocycles. The third-order valence-corrected chi connectivity index (χ3v) is 4.74. The van der Waals surface area contributed by atoms with E-state index in [1.807, 2.05) is 0 Å². The number of hydrogen-bond donors (Lipinski definition) is 0. The number of fused-ring (bicyclic) bond motifs is 5. The third-order valence-electron chi connectivity index (χ3n) is 4.74. The van der Waals surface area contributed by atoms with Crippen molar-refractivity contribution >= 4 is 17.5 Å². The number of carbonyl (C=O) groups excluding carboxylic acids is 2. The maximum Gasteiger partial charge on any atom is 0.238 e. The monoisotopic (exact) mass is 264 g/mol. The van der Waals surface area contributed by atoms with Crippen molar-refractivity contribution in [2.45, 2.75) is 6.42 Å². The summed E-state index contributed by atoms with van der Waals surface area (Å²) in [4.78, 5) is 26.5. The lowest BCUT2D eigenvalue weighted by Gasteiger charge is -2.18. The fourth-order valence-electron chi connectivity index (χ4n) is 3.90. The number of imide groups is 1. The molecule has 1 saturated heterocycles. The molecular formula is C16H12N2O2. The van der Waals surface area contributed by atoms with E-state index in [2.05, 4.69) is 18.2 Å². The van der Waals surface area contributed by atoms with Gasteiger partial charge in [-0.3, -0.25) is 9.59 Å². The highest BCUT2D eigenvalue weighted by atomic mass is 16.2. The summed E-state index contributed by atoms with van der Waals surface area (Å²) < 4.78 is 0. The Kier molecular flexibility index (Phi) is 2.17. The van der Waals surface area contributed by atoms with Gasteiger partial charge >= 0.3 is 0 Å². The van der Waals surface area contributed by atoms with Crippen LogP contribution < -0.4 is 4.90 Å². The number of para-hydroxylation sites is 1. The van der Waals surface area contributed by atoms with Crippen LogP contribution in [0.5, 0.6) is 0 Å². The Morgan fingerprint density at radius 3 is 2.25 bits per heavy atom. The van der Waals surface area contributed by atoms with E-state index in [-0.39, 0.29) is 35.5 Å². The molecule has 0 unspecified atom stereocenters. The van der Waals surface area contributed by atoms with Crippen LogP contribution in [-0.2, 0) is 9.59 Å². The second-order valence-corrected chi connectivity index (χ2v) is 5.64. The summed E-state index contributed by atoms with van der Waals surface area (Å²) in [6.45, 7) is 0. The maximum atomic E-state index is 12.6. The van der Waals surface area contributed by atoms with Crippen LogP contribution in [0.25, 0.3) is 0 Å². The first-order chi connectivity index (χ1) is 9.72. The van der Waals surface area contributed by atoms with Gasteiger partial charge in [-0.25, -0.2) is 4.90 Å². The van der Waals surface area contributed by atoms with Gasteiger partial charge in [-0.1, -0.05) is 24.3 Å². The molecule has 0 radical (unpaired) electrons. The predicted molar refractivity (Wildman–Crippen MR) is 71.4 cm³/mol. The molecule has 3 aliphatic rings. The largest absolute Gasteiger partial charge is 0.274 e. The quantitative estimate of drug-likeness (QED) is 0.574. The molecule has 4 atom stereocenters. The minimum atomic E-state index is -0.218. The summed E-state index contributed by atoms with van der Waals surface area (Å²) >= 11 is 0. The highest BCUT2D eigenvalue weighted by Crippen LogP contribution is 2.53. The molecule has 1 aromatic carbocycles. The van der Waals surface area contributed by atoms with E-state index in [0.29, 0.717) is 11.3 Å². The van der Waals surface area contributed by atoms with Gasteiger partial charge in [0.25, 0.3) is 0 Å². The Hall–Kier alpha value is -2.41. The summed E-state index contributed by atoms with van der Waals surface area (Å²) in [7, 11) is 0. The van der Waals surface area contributed by atoms with Gasteiger partial charge in [-0.15, -0.1) is 0 Å². The number of hydrogen-bond acceptors (Lipinski definition) is 3. The van der Waals surface area contributed by atoms with Crippen LogP contribution in [-0.4, -0.2) is 11.8 Å². The molecular weight excluding hydrogens is 252 g/mol. The van der Waals surface area contributed by atoms with E-state index in [9.17, 15) is 9.59 Å². The number of rotatable bonds is 1. The zero-order valence-corrected chi connectivity index (χ0v) is 10.7. The second-order valence-electron chi connectivity index (χ2n) is 5.64. The first-order valence-electron chi connectivity index (χ1n) is 6.77. The van der Waals surface area contributed by atoms with Crippen LogP contribution in [0.3, 0.4) is 0 Å². The Balaban J connectivity index is 1.81. The Labute approximate surface area is 116 Å². The van der Waals surface area contributed by atoms with Gasteiger partial charge in [0, 0.05) is 0 Å². The molecule has 1 aromatic rings. The highest BCUT2D eigenvalue weighted by molar-refractivity contribution is 6.23. The number of benzene rings is 1. The van der Waals surface area contributed by atoms with E-state index < -0.39 is 0 Å². The van der Waals surface area contributed by atoms with E-state index in [0.717, 1.165) is 6.42 Å². The van der Waals surface area contributed by atoms with Gasteiger partial charge in [0.2, 0.25) is 11.8 Å². The SMILES string of the molecule is N#Cc1ccccc1N1C(=O)[C@@H]2[C@H](C1=O)[C@H]1C=C[C@@H]2C1. The van der Waals surface area contributed by atoms with Crippen molar-refractivity contribution in [1.29, 1.82) is 5.26 Å². The summed E-state index contributed by atoms with van der Waals surface area (Å²) in [6, 6.07) is 8.85. The Morgan fingerprint density at radius 1 is 1.05 bits per heavy atom. The van der Waals surface area contributed by atoms with Crippen molar-refractivity contribution in [3.8, 4) is 6.07 Å². The van der Waals surface area contributed by atoms with Crippen LogP contribution in [0.2, 0.25) is 0 Å². The molecule has 4 nitrogen and oxygen atoms in total. The lowest BCUT2D eigenvalue weighted by molar-refractivity contribution is -0.123. The smallest absolute Gasteiger partial charge is 0.238 e. The van der Waals surface area contributed by atoms with Crippen LogP contribution in [0, 0.1) is 35.0 Å². The van der Waals surface area contributed by atoms with Crippen LogP contribution in [0.15, 0.2) is 36.4 Å². The van der Waals surface area contributed by atoms with Gasteiger partial charge in [0.1, 0.15) is 6.07 Å². The lowest BCUT2D eigenvalue weighted by Crippen LogP contribution is -2.33. The molecule has 1 aliphatic heterocycles. The van der Waals surface area contributed by atoms with Gasteiger partial charge < -0.3 is 0 Å². The van der Waals surface area contributed by atoms with Gasteiger partial charge in [0.05, 0.1) is 23.1 Å². The average molecular weight is 264 g/mol. The Bertz CT molecular complexity index is 671. The van der Waals surface area contributed by atoms with E-state index >= 15 is 0 Å². The standard InChI is InChI=1S/C16H12N2O2/c17-8-11-3-1-2-4-12(11)18-15(19)13-9-5-6-10(7-9)14(13)16(18)20/h1-6,9-10,13-14H,7H2/t9-,10+,13+,14-. The maximum absolute atomic E-state index is 12.6.